The number of carbonyl (C=O) groups is 1. The van der Waals surface area contributed by atoms with Gasteiger partial charge in [0.2, 0.25) is 5.91 Å². The smallest absolute Gasteiger partial charge is 0.225 e. The second-order valence-electron chi connectivity index (χ2n) is 11.3. The average Bonchev–Trinajstić information content (AvgIpc) is 3.42. The minimum Gasteiger partial charge on any atom is -0.497 e. The molecule has 1 amide bonds. The van der Waals surface area contributed by atoms with Crippen molar-refractivity contribution in [1.82, 2.24) is 15.5 Å². The van der Waals surface area contributed by atoms with Gasteiger partial charge in [0.25, 0.3) is 0 Å². The van der Waals surface area contributed by atoms with E-state index in [1.54, 1.807) is 18.4 Å². The van der Waals surface area contributed by atoms with Gasteiger partial charge >= 0.3 is 0 Å². The van der Waals surface area contributed by atoms with E-state index >= 15 is 0 Å². The summed E-state index contributed by atoms with van der Waals surface area (Å²) in [6.07, 6.45) is 4.75. The molecule has 2 aliphatic heterocycles. The Labute approximate surface area is 260 Å². The van der Waals surface area contributed by atoms with Crippen molar-refractivity contribution in [2.45, 2.75) is 50.8 Å². The number of thiophene rings is 1. The van der Waals surface area contributed by atoms with E-state index in [0.29, 0.717) is 12.5 Å². The third-order valence-corrected chi connectivity index (χ3v) is 10.1. The molecule has 3 aromatic carbocycles. The standard InChI is InChI=1S/C34H38BrN3O3S/c1-40-27-8-6-24(7-9-27)30-4-2-3-25-20-29(42-34(25)30)21-33(39)37-26-13-17-38(18-14-26)22-23-5-10-32(31(35)19-23)41-28-11-15-36-16-12-28/h2-10,19-20,26,28,36H,11-18,21-22H2,1H3,(H,37,39). The van der Waals surface area contributed by atoms with Crippen LogP contribution in [-0.4, -0.2) is 56.2 Å². The van der Waals surface area contributed by atoms with Gasteiger partial charge in [-0.15, -0.1) is 11.3 Å². The van der Waals surface area contributed by atoms with Gasteiger partial charge < -0.3 is 20.1 Å². The Bertz CT molecular complexity index is 1510. The van der Waals surface area contributed by atoms with Crippen LogP contribution in [0.15, 0.2) is 71.2 Å². The lowest BCUT2D eigenvalue weighted by Gasteiger charge is -2.32. The summed E-state index contributed by atoms with van der Waals surface area (Å²) in [5.41, 5.74) is 3.62. The van der Waals surface area contributed by atoms with E-state index in [1.807, 2.05) is 12.1 Å². The zero-order valence-corrected chi connectivity index (χ0v) is 26.4. The zero-order valence-electron chi connectivity index (χ0n) is 24.0. The van der Waals surface area contributed by atoms with Gasteiger partial charge in [0.05, 0.1) is 18.0 Å². The van der Waals surface area contributed by atoms with Gasteiger partial charge in [-0.2, -0.15) is 0 Å². The van der Waals surface area contributed by atoms with Crippen molar-refractivity contribution >= 4 is 43.3 Å². The molecule has 1 aromatic heterocycles. The van der Waals surface area contributed by atoms with E-state index in [9.17, 15) is 4.79 Å². The number of likely N-dealkylation sites (tertiary alicyclic amines) is 1. The second kappa shape index (κ2) is 13.6. The number of hydrogen-bond acceptors (Lipinski definition) is 6. The Morgan fingerprint density at radius 3 is 2.55 bits per heavy atom. The van der Waals surface area contributed by atoms with Crippen LogP contribution in [0.5, 0.6) is 11.5 Å². The lowest BCUT2D eigenvalue weighted by molar-refractivity contribution is -0.121. The van der Waals surface area contributed by atoms with Gasteiger partial charge in [-0.05, 0) is 107 Å². The molecule has 4 aromatic rings. The summed E-state index contributed by atoms with van der Waals surface area (Å²) in [5, 5.41) is 7.88. The maximum atomic E-state index is 13.0. The van der Waals surface area contributed by atoms with Crippen molar-refractivity contribution in [1.29, 1.82) is 0 Å². The Morgan fingerprint density at radius 2 is 1.81 bits per heavy atom. The van der Waals surface area contributed by atoms with Gasteiger partial charge in [0.15, 0.2) is 0 Å². The van der Waals surface area contributed by atoms with Crippen LogP contribution < -0.4 is 20.1 Å². The van der Waals surface area contributed by atoms with E-state index in [4.69, 9.17) is 9.47 Å². The molecule has 0 bridgehead atoms. The first-order chi connectivity index (χ1) is 20.5. The molecule has 2 saturated heterocycles. The van der Waals surface area contributed by atoms with Crippen LogP contribution in [-0.2, 0) is 17.8 Å². The Hall–Kier alpha value is -2.91. The Balaban J connectivity index is 0.992. The highest BCUT2D eigenvalue weighted by molar-refractivity contribution is 9.10. The monoisotopic (exact) mass is 647 g/mol. The van der Waals surface area contributed by atoms with Crippen molar-refractivity contribution in [3.8, 4) is 22.6 Å². The number of nitrogens with zero attached hydrogens (tertiary/aromatic N) is 1. The SMILES string of the molecule is COc1ccc(-c2cccc3cc(CC(=O)NC4CCN(Cc5ccc(OC6CCNCC6)c(Br)c5)CC4)sc23)cc1. The first kappa shape index (κ1) is 29.2. The molecule has 6 rings (SSSR count). The average molecular weight is 649 g/mol. The summed E-state index contributed by atoms with van der Waals surface area (Å²) >= 11 is 5.44. The maximum absolute atomic E-state index is 13.0. The first-order valence-corrected chi connectivity index (χ1v) is 16.5. The molecule has 2 N–H and O–H groups in total. The lowest BCUT2D eigenvalue weighted by atomic mass is 10.0. The molecule has 0 spiro atoms. The van der Waals surface area contributed by atoms with Crippen LogP contribution >= 0.6 is 27.3 Å². The quantitative estimate of drug-likeness (QED) is 0.209. The van der Waals surface area contributed by atoms with E-state index in [-0.39, 0.29) is 11.9 Å². The third-order valence-electron chi connectivity index (χ3n) is 8.27. The van der Waals surface area contributed by atoms with Crippen molar-refractivity contribution in [2.75, 3.05) is 33.3 Å². The van der Waals surface area contributed by atoms with Crippen LogP contribution in [0.1, 0.15) is 36.1 Å². The number of amides is 1. The maximum Gasteiger partial charge on any atom is 0.225 e. The van der Waals surface area contributed by atoms with E-state index < -0.39 is 0 Å². The molecule has 8 heteroatoms. The van der Waals surface area contributed by atoms with Gasteiger partial charge in [-0.3, -0.25) is 9.69 Å². The van der Waals surface area contributed by atoms with Gasteiger partial charge in [0, 0.05) is 35.3 Å². The topological polar surface area (TPSA) is 62.8 Å². The second-order valence-corrected chi connectivity index (χ2v) is 13.3. The Kier molecular flexibility index (Phi) is 9.44. The minimum absolute atomic E-state index is 0.110. The summed E-state index contributed by atoms with van der Waals surface area (Å²) < 4.78 is 13.8. The van der Waals surface area contributed by atoms with Crippen molar-refractivity contribution < 1.29 is 14.3 Å². The number of hydrogen-bond donors (Lipinski definition) is 2. The Morgan fingerprint density at radius 1 is 1.02 bits per heavy atom. The fraction of sp³-hybridized carbons (Fsp3) is 0.382. The molecular formula is C34H38BrN3O3S. The fourth-order valence-corrected chi connectivity index (χ4v) is 7.67. The van der Waals surface area contributed by atoms with Gasteiger partial charge in [-0.25, -0.2) is 0 Å². The summed E-state index contributed by atoms with van der Waals surface area (Å²) in [4.78, 5) is 16.6. The molecule has 0 radical (unpaired) electrons. The number of carbonyl (C=O) groups excluding carboxylic acids is 1. The van der Waals surface area contributed by atoms with Crippen molar-refractivity contribution in [3.05, 3.63) is 81.6 Å². The number of fused-ring (bicyclic) bond motifs is 1. The number of rotatable bonds is 9. The van der Waals surface area contributed by atoms with Crippen LogP contribution in [0.4, 0.5) is 0 Å². The number of halogens is 1. The molecule has 0 atom stereocenters. The molecule has 220 valence electrons. The normalized spacial score (nSPS) is 16.9. The largest absolute Gasteiger partial charge is 0.497 e. The number of methoxy groups -OCH3 is 1. The zero-order chi connectivity index (χ0) is 28.9. The van der Waals surface area contributed by atoms with E-state index in [2.05, 4.69) is 86.1 Å². The van der Waals surface area contributed by atoms with Crippen LogP contribution in [0.3, 0.4) is 0 Å². The molecule has 2 aliphatic rings. The summed E-state index contributed by atoms with van der Waals surface area (Å²) in [5.74, 6) is 1.89. The highest BCUT2D eigenvalue weighted by atomic mass is 79.9. The van der Waals surface area contributed by atoms with E-state index in [1.165, 1.54) is 21.2 Å². The molecular weight excluding hydrogens is 610 g/mol. The van der Waals surface area contributed by atoms with Crippen molar-refractivity contribution in [2.24, 2.45) is 0 Å². The summed E-state index contributed by atoms with van der Waals surface area (Å²) in [6.45, 7) is 4.90. The molecule has 2 fully saturated rings. The minimum atomic E-state index is 0.110. The molecule has 3 heterocycles. The molecule has 0 unspecified atom stereocenters. The summed E-state index contributed by atoms with van der Waals surface area (Å²) in [7, 11) is 1.68. The van der Waals surface area contributed by atoms with Gasteiger partial charge in [-0.1, -0.05) is 36.4 Å². The van der Waals surface area contributed by atoms with Crippen LogP contribution in [0.2, 0.25) is 0 Å². The van der Waals surface area contributed by atoms with Crippen LogP contribution in [0, 0.1) is 0 Å². The van der Waals surface area contributed by atoms with Gasteiger partial charge in [0.1, 0.15) is 17.6 Å². The number of benzene rings is 3. The van der Waals surface area contributed by atoms with Crippen LogP contribution in [0.25, 0.3) is 21.2 Å². The number of piperidine rings is 2. The highest BCUT2D eigenvalue weighted by Crippen LogP contribution is 2.36. The molecule has 0 saturated carbocycles. The van der Waals surface area contributed by atoms with Crippen molar-refractivity contribution in [3.63, 3.8) is 0 Å². The number of ether oxygens (including phenoxy) is 2. The molecule has 0 aliphatic carbocycles. The first-order valence-electron chi connectivity index (χ1n) is 14.9. The predicted molar refractivity (Wildman–Crippen MR) is 175 cm³/mol. The molecule has 42 heavy (non-hydrogen) atoms. The summed E-state index contributed by atoms with van der Waals surface area (Å²) in [6, 6.07) is 23.4. The fourth-order valence-electron chi connectivity index (χ4n) is 5.96. The van der Waals surface area contributed by atoms with E-state index in [0.717, 1.165) is 84.8 Å². The highest BCUT2D eigenvalue weighted by Gasteiger charge is 2.22. The lowest BCUT2D eigenvalue weighted by Crippen LogP contribution is -2.44. The predicted octanol–water partition coefficient (Wildman–Crippen LogP) is 6.79. The number of nitrogens with one attached hydrogen (secondary N) is 2. The third kappa shape index (κ3) is 7.17. The molecule has 6 nitrogen and oxygen atoms in total.